The molecule has 140 valence electrons. The van der Waals surface area contributed by atoms with E-state index in [0.717, 1.165) is 24.5 Å². The Morgan fingerprint density at radius 2 is 1.96 bits per heavy atom. The lowest BCUT2D eigenvalue weighted by atomic mass is 9.88. The maximum absolute atomic E-state index is 13.1. The maximum atomic E-state index is 13.1. The number of hydrogen-bond donors (Lipinski definition) is 0. The van der Waals surface area contributed by atoms with Crippen LogP contribution in [0.3, 0.4) is 0 Å². The molecule has 1 aromatic heterocycles. The number of Topliss-reactive ketones (excluding diaryl/α,β-unsaturated/α-hetero) is 2. The van der Waals surface area contributed by atoms with Gasteiger partial charge in [0.15, 0.2) is 21.4 Å². The number of aromatic nitrogens is 2. The summed E-state index contributed by atoms with van der Waals surface area (Å²) >= 11 is 0. The molecule has 1 saturated carbocycles. The zero-order chi connectivity index (χ0) is 19.8. The maximum Gasteiger partial charge on any atom is 0.281 e. The van der Waals surface area contributed by atoms with Crippen molar-refractivity contribution >= 4 is 27.1 Å². The predicted molar refractivity (Wildman–Crippen MR) is 93.0 cm³/mol. The van der Waals surface area contributed by atoms with Gasteiger partial charge in [0.1, 0.15) is 5.92 Å². The molecule has 1 heterocycles. The number of carbonyl (C=O) groups is 2. The molecule has 0 aliphatic heterocycles. The molecule has 27 heavy (non-hydrogen) atoms. The molecular formula is C17H15N3O6S. The summed E-state index contributed by atoms with van der Waals surface area (Å²) in [6.45, 7) is 0. The van der Waals surface area contributed by atoms with E-state index in [1.165, 1.54) is 18.3 Å². The van der Waals surface area contributed by atoms with Crippen LogP contribution in [-0.4, -0.2) is 41.4 Å². The molecule has 0 saturated heterocycles. The van der Waals surface area contributed by atoms with Crippen molar-refractivity contribution in [2.75, 3.05) is 6.26 Å². The molecule has 0 N–H and O–H groups in total. The van der Waals surface area contributed by atoms with Crippen molar-refractivity contribution in [2.24, 2.45) is 5.92 Å². The fourth-order valence-corrected chi connectivity index (χ4v) is 3.38. The molecule has 1 aliphatic carbocycles. The van der Waals surface area contributed by atoms with Crippen LogP contribution in [0.15, 0.2) is 41.4 Å². The van der Waals surface area contributed by atoms with Gasteiger partial charge in [-0.25, -0.2) is 8.42 Å². The van der Waals surface area contributed by atoms with Gasteiger partial charge >= 0.3 is 0 Å². The van der Waals surface area contributed by atoms with Gasteiger partial charge in [0, 0.05) is 24.4 Å². The van der Waals surface area contributed by atoms with Crippen molar-refractivity contribution in [1.29, 1.82) is 0 Å². The average Bonchev–Trinajstić information content (AvgIpc) is 3.46. The largest absolute Gasteiger partial charge is 0.298 e. The highest BCUT2D eigenvalue weighted by Gasteiger charge is 2.42. The van der Waals surface area contributed by atoms with E-state index < -0.39 is 32.1 Å². The molecule has 0 bridgehead atoms. The van der Waals surface area contributed by atoms with E-state index in [2.05, 4.69) is 10.2 Å². The summed E-state index contributed by atoms with van der Waals surface area (Å²) < 4.78 is 23.3. The first-order chi connectivity index (χ1) is 12.7. The van der Waals surface area contributed by atoms with E-state index >= 15 is 0 Å². The number of hydrogen-bond acceptors (Lipinski definition) is 8. The number of benzene rings is 1. The van der Waals surface area contributed by atoms with E-state index in [1.807, 2.05) is 0 Å². The number of rotatable bonds is 7. The normalized spacial score (nSPS) is 15.1. The molecule has 1 atom stereocenters. The third-order valence-electron chi connectivity index (χ3n) is 4.27. The molecule has 10 heteroatoms. The van der Waals surface area contributed by atoms with E-state index in [0.29, 0.717) is 12.8 Å². The standard InChI is InChI=1S/C17H15N3O6S/c1-27(25,26)11-6-7-12(14(9-11)20(23)24)17(22)15(16(21)10-4-5-10)13-3-2-8-18-19-13/h2-3,6-10,15H,4-5H2,1H3. The summed E-state index contributed by atoms with van der Waals surface area (Å²) in [6, 6.07) is 6.00. The molecule has 9 nitrogen and oxygen atoms in total. The Labute approximate surface area is 154 Å². The molecule has 0 spiro atoms. The highest BCUT2D eigenvalue weighted by Crippen LogP contribution is 2.37. The smallest absolute Gasteiger partial charge is 0.281 e. The van der Waals surface area contributed by atoms with E-state index in [-0.39, 0.29) is 27.9 Å². The SMILES string of the molecule is CS(=O)(=O)c1ccc(C(=O)C(C(=O)C2CC2)c2cccnn2)c([N+](=O)[O-])c1. The Bertz CT molecular complexity index is 1030. The molecular weight excluding hydrogens is 374 g/mol. The first-order valence-corrected chi connectivity index (χ1v) is 9.93. The van der Waals surface area contributed by atoms with Gasteiger partial charge in [-0.3, -0.25) is 19.7 Å². The fourth-order valence-electron chi connectivity index (χ4n) is 2.74. The molecule has 1 fully saturated rings. The predicted octanol–water partition coefficient (Wildman–Crippen LogP) is 1.73. The van der Waals surface area contributed by atoms with Gasteiger partial charge in [-0.2, -0.15) is 10.2 Å². The van der Waals surface area contributed by atoms with Crippen molar-refractivity contribution in [3.8, 4) is 0 Å². The zero-order valence-corrected chi connectivity index (χ0v) is 15.0. The molecule has 2 aromatic rings. The Balaban J connectivity index is 2.11. The summed E-state index contributed by atoms with van der Waals surface area (Å²) in [7, 11) is -3.70. The Morgan fingerprint density at radius 3 is 2.48 bits per heavy atom. The molecule has 0 radical (unpaired) electrons. The summed E-state index contributed by atoms with van der Waals surface area (Å²) in [4.78, 5) is 36.0. The van der Waals surface area contributed by atoms with Gasteiger partial charge in [-0.1, -0.05) is 0 Å². The van der Waals surface area contributed by atoms with Gasteiger partial charge < -0.3 is 0 Å². The Kier molecular flexibility index (Phi) is 4.83. The lowest BCUT2D eigenvalue weighted by Gasteiger charge is -2.14. The van der Waals surface area contributed by atoms with Crippen LogP contribution < -0.4 is 0 Å². The Morgan fingerprint density at radius 1 is 1.26 bits per heavy atom. The van der Waals surface area contributed by atoms with Gasteiger partial charge in [-0.15, -0.1) is 0 Å². The van der Waals surface area contributed by atoms with Gasteiger partial charge in [0.25, 0.3) is 5.69 Å². The van der Waals surface area contributed by atoms with Crippen molar-refractivity contribution < 1.29 is 22.9 Å². The summed E-state index contributed by atoms with van der Waals surface area (Å²) in [6.07, 6.45) is 3.60. The van der Waals surface area contributed by atoms with Crippen LogP contribution in [0.5, 0.6) is 0 Å². The minimum Gasteiger partial charge on any atom is -0.298 e. The monoisotopic (exact) mass is 389 g/mol. The highest BCUT2D eigenvalue weighted by molar-refractivity contribution is 7.90. The topological polar surface area (TPSA) is 137 Å². The summed E-state index contributed by atoms with van der Waals surface area (Å²) in [5.74, 6) is -2.74. The first kappa shape index (κ1) is 18.8. The molecule has 1 aliphatic rings. The number of nitro benzene ring substituents is 1. The minimum absolute atomic E-state index is 0.112. The number of nitro groups is 1. The van der Waals surface area contributed by atoms with Crippen molar-refractivity contribution in [3.63, 3.8) is 0 Å². The fraction of sp³-hybridized carbons (Fsp3) is 0.294. The average molecular weight is 389 g/mol. The lowest BCUT2D eigenvalue weighted by Crippen LogP contribution is -2.25. The third kappa shape index (κ3) is 3.90. The van der Waals surface area contributed by atoms with E-state index in [4.69, 9.17) is 0 Å². The minimum atomic E-state index is -3.70. The molecule has 3 rings (SSSR count). The van der Waals surface area contributed by atoms with Crippen molar-refractivity contribution in [2.45, 2.75) is 23.7 Å². The van der Waals surface area contributed by atoms with Crippen LogP contribution in [0.25, 0.3) is 0 Å². The quantitative estimate of drug-likeness (QED) is 0.302. The van der Waals surface area contributed by atoms with Crippen LogP contribution in [0.1, 0.15) is 34.8 Å². The van der Waals surface area contributed by atoms with Crippen LogP contribution in [0.4, 0.5) is 5.69 Å². The number of carbonyl (C=O) groups excluding carboxylic acids is 2. The van der Waals surface area contributed by atoms with Crippen LogP contribution in [0.2, 0.25) is 0 Å². The second-order valence-corrected chi connectivity index (χ2v) is 8.35. The van der Waals surface area contributed by atoms with Crippen LogP contribution in [-0.2, 0) is 14.6 Å². The number of ketones is 2. The second kappa shape index (κ2) is 6.95. The lowest BCUT2D eigenvalue weighted by molar-refractivity contribution is -0.385. The van der Waals surface area contributed by atoms with E-state index in [9.17, 15) is 28.1 Å². The van der Waals surface area contributed by atoms with Gasteiger partial charge in [-0.05, 0) is 37.1 Å². The summed E-state index contributed by atoms with van der Waals surface area (Å²) in [5.41, 5.74) is -0.890. The van der Waals surface area contributed by atoms with Crippen LogP contribution in [0, 0.1) is 16.0 Å². The second-order valence-electron chi connectivity index (χ2n) is 6.33. The van der Waals surface area contributed by atoms with Gasteiger partial charge in [0.05, 0.1) is 21.1 Å². The molecule has 1 aromatic carbocycles. The van der Waals surface area contributed by atoms with E-state index in [1.54, 1.807) is 0 Å². The number of nitrogens with zero attached hydrogens (tertiary/aromatic N) is 3. The molecule has 0 amide bonds. The Hall–Kier alpha value is -3.01. The van der Waals surface area contributed by atoms with Crippen molar-refractivity contribution in [1.82, 2.24) is 10.2 Å². The zero-order valence-electron chi connectivity index (χ0n) is 14.2. The summed E-state index contributed by atoms with van der Waals surface area (Å²) in [5, 5.41) is 18.9. The van der Waals surface area contributed by atoms with Gasteiger partial charge in [0.2, 0.25) is 0 Å². The third-order valence-corrected chi connectivity index (χ3v) is 5.38. The highest BCUT2D eigenvalue weighted by atomic mass is 32.2. The molecule has 1 unspecified atom stereocenters. The van der Waals surface area contributed by atoms with Crippen LogP contribution >= 0.6 is 0 Å². The number of sulfone groups is 1. The van der Waals surface area contributed by atoms with Crippen molar-refractivity contribution in [3.05, 3.63) is 57.9 Å². The first-order valence-electron chi connectivity index (χ1n) is 8.04.